The lowest BCUT2D eigenvalue weighted by molar-refractivity contribution is -0.141. The van der Waals surface area contributed by atoms with E-state index in [4.69, 9.17) is 11.6 Å². The molecule has 0 aliphatic rings. The summed E-state index contributed by atoms with van der Waals surface area (Å²) in [6.07, 6.45) is 1.87. The fourth-order valence-corrected chi connectivity index (χ4v) is 5.77. The van der Waals surface area contributed by atoms with E-state index in [1.54, 1.807) is 23.1 Å². The van der Waals surface area contributed by atoms with E-state index in [0.29, 0.717) is 23.7 Å². The molecule has 220 valence electrons. The van der Waals surface area contributed by atoms with Crippen molar-refractivity contribution < 1.29 is 18.0 Å². The topological polar surface area (TPSA) is 86.8 Å². The first-order valence-electron chi connectivity index (χ1n) is 13.8. The van der Waals surface area contributed by atoms with Gasteiger partial charge in [0, 0.05) is 37.5 Å². The van der Waals surface area contributed by atoms with Crippen LogP contribution in [0, 0.1) is 12.8 Å². The van der Waals surface area contributed by atoms with Crippen molar-refractivity contribution in [2.24, 2.45) is 5.92 Å². The molecule has 0 aliphatic carbocycles. The second kappa shape index (κ2) is 15.0. The Labute approximate surface area is 249 Å². The Kier molecular flexibility index (Phi) is 11.8. The highest BCUT2D eigenvalue weighted by Crippen LogP contribution is 2.22. The molecule has 41 heavy (non-hydrogen) atoms. The number of aryl methyl sites for hydroxylation is 1. The van der Waals surface area contributed by atoms with Gasteiger partial charge < -0.3 is 10.2 Å². The number of hydrogen-bond acceptors (Lipinski definition) is 4. The highest BCUT2D eigenvalue weighted by Gasteiger charge is 2.30. The van der Waals surface area contributed by atoms with E-state index in [9.17, 15) is 18.0 Å². The molecule has 0 bridgehead atoms. The van der Waals surface area contributed by atoms with Gasteiger partial charge in [-0.2, -0.15) is 0 Å². The van der Waals surface area contributed by atoms with Gasteiger partial charge >= 0.3 is 0 Å². The summed E-state index contributed by atoms with van der Waals surface area (Å²) >= 11 is 6.25. The molecule has 0 unspecified atom stereocenters. The Morgan fingerprint density at radius 2 is 1.61 bits per heavy atom. The molecule has 0 fully saturated rings. The van der Waals surface area contributed by atoms with E-state index in [2.05, 4.69) is 5.32 Å². The fraction of sp³-hybridized carbons (Fsp3) is 0.375. The van der Waals surface area contributed by atoms with Gasteiger partial charge in [0.1, 0.15) is 6.04 Å². The van der Waals surface area contributed by atoms with Crippen molar-refractivity contribution in [2.75, 3.05) is 23.7 Å². The molecule has 0 heterocycles. The number of amides is 2. The Bertz CT molecular complexity index is 1410. The Morgan fingerprint density at radius 3 is 2.24 bits per heavy atom. The van der Waals surface area contributed by atoms with Gasteiger partial charge in [-0.25, -0.2) is 8.42 Å². The summed E-state index contributed by atoms with van der Waals surface area (Å²) in [5.74, 6) is -0.212. The molecule has 0 radical (unpaired) electrons. The number of halogens is 1. The summed E-state index contributed by atoms with van der Waals surface area (Å²) in [5.41, 5.74) is 3.24. The quantitative estimate of drug-likeness (QED) is 0.262. The largest absolute Gasteiger partial charge is 0.354 e. The molecule has 3 aromatic rings. The second-order valence-corrected chi connectivity index (χ2v) is 13.1. The average Bonchev–Trinajstić information content (AvgIpc) is 2.91. The van der Waals surface area contributed by atoms with Crippen molar-refractivity contribution in [1.82, 2.24) is 10.2 Å². The SMILES string of the molecule is Cc1cccc(N(CCCC(=O)N(Cc2cccc(Cl)c2)[C@H](Cc2ccccc2)C(=O)NCC(C)C)S(C)(=O)=O)c1. The van der Waals surface area contributed by atoms with Crippen LogP contribution in [0.2, 0.25) is 5.02 Å². The Morgan fingerprint density at radius 1 is 0.927 bits per heavy atom. The normalized spacial score (nSPS) is 12.1. The zero-order chi connectivity index (χ0) is 30.0. The number of anilines is 1. The van der Waals surface area contributed by atoms with Gasteiger partial charge in [-0.05, 0) is 60.2 Å². The summed E-state index contributed by atoms with van der Waals surface area (Å²) < 4.78 is 26.6. The molecule has 0 aliphatic heterocycles. The standard InChI is InChI=1S/C32H40ClN3O4S/c1-24(2)22-34-32(38)30(21-26-12-6-5-7-13-26)35(23-27-14-9-15-28(33)20-27)31(37)17-10-18-36(41(4,39)40)29-16-8-11-25(3)19-29/h5-9,11-16,19-20,24,30H,10,17-18,21-23H2,1-4H3,(H,34,38)/t30-/m1/s1. The van der Waals surface area contributed by atoms with Crippen molar-refractivity contribution in [3.05, 3.63) is 101 Å². The number of carbonyl (C=O) groups is 2. The molecule has 3 rings (SSSR count). The Balaban J connectivity index is 1.88. The van der Waals surface area contributed by atoms with E-state index >= 15 is 0 Å². The van der Waals surface area contributed by atoms with Crippen molar-refractivity contribution in [3.63, 3.8) is 0 Å². The lowest BCUT2D eigenvalue weighted by atomic mass is 10.0. The molecule has 0 aromatic heterocycles. The van der Waals surface area contributed by atoms with Gasteiger partial charge in [0.15, 0.2) is 0 Å². The lowest BCUT2D eigenvalue weighted by Gasteiger charge is -2.32. The van der Waals surface area contributed by atoms with Crippen LogP contribution < -0.4 is 9.62 Å². The van der Waals surface area contributed by atoms with Crippen LogP contribution >= 0.6 is 11.6 Å². The number of carbonyl (C=O) groups excluding carboxylic acids is 2. The number of nitrogens with zero attached hydrogens (tertiary/aromatic N) is 2. The van der Waals surface area contributed by atoms with E-state index in [1.165, 1.54) is 4.31 Å². The summed E-state index contributed by atoms with van der Waals surface area (Å²) in [6, 6.07) is 23.4. The van der Waals surface area contributed by atoms with Crippen LogP contribution in [-0.4, -0.2) is 50.5 Å². The van der Waals surface area contributed by atoms with Gasteiger partial charge in [0.25, 0.3) is 0 Å². The molecule has 0 saturated heterocycles. The van der Waals surface area contributed by atoms with Gasteiger partial charge in [-0.3, -0.25) is 13.9 Å². The first kappa shape index (κ1) is 32.2. The van der Waals surface area contributed by atoms with Crippen LogP contribution in [-0.2, 0) is 32.6 Å². The van der Waals surface area contributed by atoms with Gasteiger partial charge in [0.2, 0.25) is 21.8 Å². The lowest BCUT2D eigenvalue weighted by Crippen LogP contribution is -2.51. The first-order valence-corrected chi connectivity index (χ1v) is 16.1. The van der Waals surface area contributed by atoms with E-state index < -0.39 is 16.1 Å². The predicted octanol–water partition coefficient (Wildman–Crippen LogP) is 5.61. The summed E-state index contributed by atoms with van der Waals surface area (Å²) in [7, 11) is -3.56. The molecule has 0 saturated carbocycles. The van der Waals surface area contributed by atoms with E-state index in [0.717, 1.165) is 22.9 Å². The molecule has 3 aromatic carbocycles. The van der Waals surface area contributed by atoms with Gasteiger partial charge in [0.05, 0.1) is 11.9 Å². The molecule has 7 nitrogen and oxygen atoms in total. The maximum absolute atomic E-state index is 13.9. The van der Waals surface area contributed by atoms with Crippen molar-refractivity contribution >= 4 is 39.1 Å². The molecule has 1 N–H and O–H groups in total. The predicted molar refractivity (Wildman–Crippen MR) is 166 cm³/mol. The zero-order valence-corrected chi connectivity index (χ0v) is 25.8. The van der Waals surface area contributed by atoms with Crippen molar-refractivity contribution in [2.45, 2.75) is 52.6 Å². The number of sulfonamides is 1. The van der Waals surface area contributed by atoms with Crippen LogP contribution in [0.15, 0.2) is 78.9 Å². The molecule has 1 atom stereocenters. The summed E-state index contributed by atoms with van der Waals surface area (Å²) in [4.78, 5) is 29.0. The highest BCUT2D eigenvalue weighted by atomic mass is 35.5. The van der Waals surface area contributed by atoms with Crippen LogP contribution in [0.3, 0.4) is 0 Å². The molecule has 9 heteroatoms. The number of rotatable bonds is 14. The maximum atomic E-state index is 13.9. The summed E-state index contributed by atoms with van der Waals surface area (Å²) in [6.45, 7) is 6.76. The van der Waals surface area contributed by atoms with Crippen LogP contribution in [0.5, 0.6) is 0 Å². The summed E-state index contributed by atoms with van der Waals surface area (Å²) in [5, 5.41) is 3.55. The minimum absolute atomic E-state index is 0.0706. The fourth-order valence-electron chi connectivity index (χ4n) is 4.60. The molecular formula is C32H40ClN3O4S. The average molecular weight is 598 g/mol. The smallest absolute Gasteiger partial charge is 0.243 e. The second-order valence-electron chi connectivity index (χ2n) is 10.8. The van der Waals surface area contributed by atoms with E-state index in [-0.39, 0.29) is 43.7 Å². The third-order valence-electron chi connectivity index (χ3n) is 6.64. The van der Waals surface area contributed by atoms with Gasteiger partial charge in [-0.1, -0.05) is 80.0 Å². The first-order chi connectivity index (χ1) is 19.4. The zero-order valence-electron chi connectivity index (χ0n) is 24.2. The van der Waals surface area contributed by atoms with Gasteiger partial charge in [-0.15, -0.1) is 0 Å². The number of benzene rings is 3. The third-order valence-corrected chi connectivity index (χ3v) is 8.07. The van der Waals surface area contributed by atoms with Crippen molar-refractivity contribution in [3.8, 4) is 0 Å². The van der Waals surface area contributed by atoms with Crippen LogP contribution in [0.4, 0.5) is 5.69 Å². The molecular weight excluding hydrogens is 558 g/mol. The Hall–Kier alpha value is -3.36. The monoisotopic (exact) mass is 597 g/mol. The van der Waals surface area contributed by atoms with Crippen LogP contribution in [0.25, 0.3) is 0 Å². The minimum Gasteiger partial charge on any atom is -0.354 e. The highest BCUT2D eigenvalue weighted by molar-refractivity contribution is 7.92. The van der Waals surface area contributed by atoms with Crippen LogP contribution in [0.1, 0.15) is 43.4 Å². The molecule has 0 spiro atoms. The maximum Gasteiger partial charge on any atom is 0.243 e. The number of hydrogen-bond donors (Lipinski definition) is 1. The number of nitrogens with one attached hydrogen (secondary N) is 1. The van der Waals surface area contributed by atoms with Crippen molar-refractivity contribution in [1.29, 1.82) is 0 Å². The third kappa shape index (κ3) is 10.2. The molecule has 2 amide bonds. The van der Waals surface area contributed by atoms with E-state index in [1.807, 2.05) is 81.4 Å². The minimum atomic E-state index is -3.56.